The molecule has 0 spiro atoms. The SMILES string of the molecule is CN(C)c1ccc(CNC(=O)C2CC3CC3C2)cc1. The van der Waals surface area contributed by atoms with Gasteiger partial charge in [-0.1, -0.05) is 12.1 Å². The minimum Gasteiger partial charge on any atom is -0.378 e. The highest BCUT2D eigenvalue weighted by molar-refractivity contribution is 5.79. The van der Waals surface area contributed by atoms with Gasteiger partial charge in [0.15, 0.2) is 0 Å². The van der Waals surface area contributed by atoms with Crippen LogP contribution in [0, 0.1) is 17.8 Å². The lowest BCUT2D eigenvalue weighted by Crippen LogP contribution is -2.29. The van der Waals surface area contributed by atoms with Crippen molar-refractivity contribution >= 4 is 11.6 Å². The van der Waals surface area contributed by atoms with Crippen molar-refractivity contribution < 1.29 is 4.79 Å². The van der Waals surface area contributed by atoms with E-state index in [4.69, 9.17) is 0 Å². The molecule has 1 aromatic rings. The number of carbonyl (C=O) groups is 1. The predicted molar refractivity (Wildman–Crippen MR) is 76.9 cm³/mol. The van der Waals surface area contributed by atoms with E-state index in [0.29, 0.717) is 6.54 Å². The Labute approximate surface area is 115 Å². The molecule has 2 aliphatic rings. The molecule has 0 aromatic heterocycles. The molecule has 3 rings (SSSR count). The van der Waals surface area contributed by atoms with E-state index in [1.807, 2.05) is 14.1 Å². The van der Waals surface area contributed by atoms with Gasteiger partial charge in [-0.15, -0.1) is 0 Å². The van der Waals surface area contributed by atoms with E-state index in [0.717, 1.165) is 24.7 Å². The molecule has 0 saturated heterocycles. The molecule has 2 atom stereocenters. The van der Waals surface area contributed by atoms with Crippen molar-refractivity contribution in [1.82, 2.24) is 5.32 Å². The molecule has 2 saturated carbocycles. The first kappa shape index (κ1) is 12.5. The number of hydrogen-bond donors (Lipinski definition) is 1. The van der Waals surface area contributed by atoms with Crippen molar-refractivity contribution in [2.45, 2.75) is 25.8 Å². The Hall–Kier alpha value is -1.51. The van der Waals surface area contributed by atoms with Gasteiger partial charge in [-0.2, -0.15) is 0 Å². The van der Waals surface area contributed by atoms with Crippen LogP contribution in [0.1, 0.15) is 24.8 Å². The van der Waals surface area contributed by atoms with Gasteiger partial charge < -0.3 is 10.2 Å². The summed E-state index contributed by atoms with van der Waals surface area (Å²) in [4.78, 5) is 14.1. The first-order valence-corrected chi connectivity index (χ1v) is 7.17. The lowest BCUT2D eigenvalue weighted by molar-refractivity contribution is -0.125. The van der Waals surface area contributed by atoms with Crippen molar-refractivity contribution in [1.29, 1.82) is 0 Å². The zero-order valence-electron chi connectivity index (χ0n) is 11.7. The van der Waals surface area contributed by atoms with Crippen LogP contribution in [0.15, 0.2) is 24.3 Å². The zero-order chi connectivity index (χ0) is 13.4. The molecular weight excluding hydrogens is 236 g/mol. The van der Waals surface area contributed by atoms with E-state index < -0.39 is 0 Å². The zero-order valence-corrected chi connectivity index (χ0v) is 11.7. The molecule has 2 unspecified atom stereocenters. The van der Waals surface area contributed by atoms with Gasteiger partial charge in [0.05, 0.1) is 0 Å². The maximum absolute atomic E-state index is 12.0. The van der Waals surface area contributed by atoms with Gasteiger partial charge >= 0.3 is 0 Å². The maximum Gasteiger partial charge on any atom is 0.223 e. The molecule has 0 radical (unpaired) electrons. The molecular formula is C16H22N2O. The Morgan fingerprint density at radius 3 is 2.37 bits per heavy atom. The number of fused-ring (bicyclic) bond motifs is 1. The summed E-state index contributed by atoms with van der Waals surface area (Å²) in [5.74, 6) is 2.28. The van der Waals surface area contributed by atoms with Gasteiger partial charge in [0.25, 0.3) is 0 Å². The molecule has 3 nitrogen and oxygen atoms in total. The van der Waals surface area contributed by atoms with Gasteiger partial charge in [0.2, 0.25) is 5.91 Å². The van der Waals surface area contributed by atoms with E-state index in [1.165, 1.54) is 17.7 Å². The molecule has 1 N–H and O–H groups in total. The van der Waals surface area contributed by atoms with Crippen LogP contribution in [0.25, 0.3) is 0 Å². The number of amides is 1. The fourth-order valence-corrected chi connectivity index (χ4v) is 3.17. The summed E-state index contributed by atoms with van der Waals surface area (Å²) in [6, 6.07) is 8.35. The molecule has 1 aromatic carbocycles. The Kier molecular flexibility index (Phi) is 3.21. The van der Waals surface area contributed by atoms with Crippen LogP contribution in [0.2, 0.25) is 0 Å². The normalized spacial score (nSPS) is 27.8. The second kappa shape index (κ2) is 4.87. The first-order valence-electron chi connectivity index (χ1n) is 7.17. The summed E-state index contributed by atoms with van der Waals surface area (Å²) in [7, 11) is 4.06. The van der Waals surface area contributed by atoms with E-state index in [9.17, 15) is 4.79 Å². The summed E-state index contributed by atoms with van der Waals surface area (Å²) >= 11 is 0. The monoisotopic (exact) mass is 258 g/mol. The second-order valence-corrected chi connectivity index (χ2v) is 6.20. The number of nitrogens with zero attached hydrogens (tertiary/aromatic N) is 1. The van der Waals surface area contributed by atoms with Crippen molar-refractivity contribution in [2.75, 3.05) is 19.0 Å². The topological polar surface area (TPSA) is 32.3 Å². The molecule has 0 heterocycles. The van der Waals surface area contributed by atoms with Crippen molar-refractivity contribution in [3.8, 4) is 0 Å². The number of hydrogen-bond acceptors (Lipinski definition) is 2. The summed E-state index contributed by atoms with van der Waals surface area (Å²) in [6.45, 7) is 0.651. The maximum atomic E-state index is 12.0. The van der Waals surface area contributed by atoms with Gasteiger partial charge in [-0.3, -0.25) is 4.79 Å². The first-order chi connectivity index (χ1) is 9.13. The Balaban J connectivity index is 1.50. The largest absolute Gasteiger partial charge is 0.378 e. The van der Waals surface area contributed by atoms with Crippen LogP contribution in [-0.2, 0) is 11.3 Å². The molecule has 3 heteroatoms. The van der Waals surface area contributed by atoms with Crippen molar-refractivity contribution in [3.63, 3.8) is 0 Å². The number of nitrogens with one attached hydrogen (secondary N) is 1. The predicted octanol–water partition coefficient (Wildman–Crippen LogP) is 2.41. The Bertz CT molecular complexity index is 456. The third kappa shape index (κ3) is 2.75. The molecule has 0 bridgehead atoms. The summed E-state index contributed by atoms with van der Waals surface area (Å²) < 4.78 is 0. The van der Waals surface area contributed by atoms with Gasteiger partial charge in [-0.05, 0) is 48.8 Å². The Morgan fingerprint density at radius 1 is 1.16 bits per heavy atom. The molecule has 2 aliphatic carbocycles. The fourth-order valence-electron chi connectivity index (χ4n) is 3.17. The van der Waals surface area contributed by atoms with E-state index in [-0.39, 0.29) is 11.8 Å². The van der Waals surface area contributed by atoms with Crippen molar-refractivity contribution in [3.05, 3.63) is 29.8 Å². The lowest BCUT2D eigenvalue weighted by atomic mass is 10.0. The summed E-state index contributed by atoms with van der Waals surface area (Å²) in [5.41, 5.74) is 2.35. The van der Waals surface area contributed by atoms with E-state index in [2.05, 4.69) is 34.5 Å². The van der Waals surface area contributed by atoms with E-state index >= 15 is 0 Å². The highest BCUT2D eigenvalue weighted by Gasteiger charge is 2.47. The third-order valence-corrected chi connectivity index (χ3v) is 4.53. The van der Waals surface area contributed by atoms with Gasteiger partial charge in [0.1, 0.15) is 0 Å². The fraction of sp³-hybridized carbons (Fsp3) is 0.562. The van der Waals surface area contributed by atoms with Crippen LogP contribution >= 0.6 is 0 Å². The smallest absolute Gasteiger partial charge is 0.223 e. The third-order valence-electron chi connectivity index (χ3n) is 4.53. The summed E-state index contributed by atoms with van der Waals surface area (Å²) in [6.07, 6.45) is 3.61. The molecule has 19 heavy (non-hydrogen) atoms. The van der Waals surface area contributed by atoms with Gasteiger partial charge in [0, 0.05) is 32.2 Å². The van der Waals surface area contributed by atoms with Gasteiger partial charge in [-0.25, -0.2) is 0 Å². The highest BCUT2D eigenvalue weighted by atomic mass is 16.1. The molecule has 1 amide bonds. The number of benzene rings is 1. The van der Waals surface area contributed by atoms with Crippen LogP contribution in [0.3, 0.4) is 0 Å². The van der Waals surface area contributed by atoms with Crippen LogP contribution in [-0.4, -0.2) is 20.0 Å². The summed E-state index contributed by atoms with van der Waals surface area (Å²) in [5, 5.41) is 3.08. The quantitative estimate of drug-likeness (QED) is 0.899. The van der Waals surface area contributed by atoms with Crippen LogP contribution < -0.4 is 10.2 Å². The highest BCUT2D eigenvalue weighted by Crippen LogP contribution is 2.54. The van der Waals surface area contributed by atoms with Crippen LogP contribution in [0.5, 0.6) is 0 Å². The minimum atomic E-state index is 0.254. The molecule has 102 valence electrons. The van der Waals surface area contributed by atoms with E-state index in [1.54, 1.807) is 0 Å². The standard InChI is InChI=1S/C16H22N2O/c1-18(2)15-5-3-11(4-6-15)10-17-16(19)14-8-12-7-13(12)9-14/h3-6,12-14H,7-10H2,1-2H3,(H,17,19). The number of rotatable bonds is 4. The average Bonchev–Trinajstić information content (AvgIpc) is 3.03. The van der Waals surface area contributed by atoms with Crippen LogP contribution in [0.4, 0.5) is 5.69 Å². The number of carbonyl (C=O) groups excluding carboxylic acids is 1. The lowest BCUT2D eigenvalue weighted by Gasteiger charge is -2.14. The second-order valence-electron chi connectivity index (χ2n) is 6.20. The van der Waals surface area contributed by atoms with Crippen molar-refractivity contribution in [2.24, 2.45) is 17.8 Å². The Morgan fingerprint density at radius 2 is 1.79 bits per heavy atom. The number of anilines is 1. The molecule has 2 fully saturated rings. The molecule has 0 aliphatic heterocycles. The average molecular weight is 258 g/mol. The minimum absolute atomic E-state index is 0.254.